The number of hydrogen-bond donors (Lipinski definition) is 0. The van der Waals surface area contributed by atoms with Crippen LogP contribution in [0.25, 0.3) is 22.5 Å². The quantitative estimate of drug-likeness (QED) is 0.196. The third-order valence-electron chi connectivity index (χ3n) is 6.60. The van der Waals surface area contributed by atoms with Gasteiger partial charge in [0.15, 0.2) is 0 Å². The van der Waals surface area contributed by atoms with Gasteiger partial charge >= 0.3 is 14.9 Å². The van der Waals surface area contributed by atoms with Crippen LogP contribution in [0.5, 0.6) is 11.5 Å². The summed E-state index contributed by atoms with van der Waals surface area (Å²) in [5, 5.41) is 0. The van der Waals surface area contributed by atoms with Gasteiger partial charge in [0.05, 0.1) is 18.5 Å². The van der Waals surface area contributed by atoms with Gasteiger partial charge in [-0.1, -0.05) is 6.07 Å². The molecule has 0 atom stereocenters. The fraction of sp³-hybridized carbons (Fsp3) is 0.185. The number of allylic oxidation sites excluding steroid dienone is 2. The molecule has 0 fully saturated rings. The highest BCUT2D eigenvalue weighted by atomic mass is 19.2. The first kappa shape index (κ1) is 26.4. The van der Waals surface area contributed by atoms with Crippen LogP contribution < -0.4 is 9.39 Å². The van der Waals surface area contributed by atoms with E-state index in [4.69, 9.17) is 19.4 Å². The molecular formula is C27H24B2F4N4O2. The van der Waals surface area contributed by atoms with Gasteiger partial charge in [0.1, 0.15) is 22.8 Å². The van der Waals surface area contributed by atoms with Gasteiger partial charge in [-0.15, -0.1) is 0 Å². The molecule has 4 aromatic rings. The molecule has 1 aliphatic heterocycles. The van der Waals surface area contributed by atoms with Crippen LogP contribution in [0, 0.1) is 13.8 Å². The number of aryl methyl sites for hydroxylation is 2. The van der Waals surface area contributed by atoms with E-state index in [-0.39, 0.29) is 22.7 Å². The molecule has 0 radical (unpaired) electrons. The first-order valence-corrected chi connectivity index (χ1v) is 12.2. The minimum atomic E-state index is -3.11. The van der Waals surface area contributed by atoms with Gasteiger partial charge in [-0.05, 0) is 75.2 Å². The zero-order valence-electron chi connectivity index (χ0n) is 22.0. The van der Waals surface area contributed by atoms with Gasteiger partial charge in [0.25, 0.3) is 0 Å². The van der Waals surface area contributed by atoms with E-state index in [2.05, 4.69) is 0 Å². The fourth-order valence-electron chi connectivity index (χ4n) is 5.10. The number of aliphatic imine (C=N–C) groups is 1. The number of methoxy groups -OCH3 is 1. The number of nitrogens with zero attached hydrogens (tertiary/aromatic N) is 4. The molecule has 0 saturated heterocycles. The van der Waals surface area contributed by atoms with Gasteiger partial charge < -0.3 is 13.9 Å². The smallest absolute Gasteiger partial charge is 0.505 e. The van der Waals surface area contributed by atoms with E-state index in [0.29, 0.717) is 45.3 Å². The Hall–Kier alpha value is -4.21. The van der Waals surface area contributed by atoms with E-state index in [1.54, 1.807) is 60.8 Å². The predicted octanol–water partition coefficient (Wildman–Crippen LogP) is 6.68. The predicted molar refractivity (Wildman–Crippen MR) is 146 cm³/mol. The minimum Gasteiger partial charge on any atom is -0.505 e. The molecular weight excluding hydrogens is 510 g/mol. The van der Waals surface area contributed by atoms with Crippen molar-refractivity contribution in [2.45, 2.75) is 27.7 Å². The number of imidazole rings is 1. The standard InChI is InChI=1S/C27H24B2F4N4O2/c1-15-12-17(3)34-24(15)23(26-16(2)13-18(4)37(26)28(30)31)27-25(35-22-8-6-7-11-36(22)27)20-10-9-19(38-5)14-21(20)39-29(32)33/h6-14H,1-5H3/b24-23+. The Morgan fingerprint density at radius 1 is 0.949 bits per heavy atom. The van der Waals surface area contributed by atoms with Crippen molar-refractivity contribution in [3.63, 3.8) is 0 Å². The molecule has 198 valence electrons. The summed E-state index contributed by atoms with van der Waals surface area (Å²) in [6.45, 7) is 7.05. The molecule has 3 aromatic heterocycles. The normalized spacial score (nSPS) is 14.4. The zero-order valence-corrected chi connectivity index (χ0v) is 22.0. The molecule has 5 rings (SSSR count). The van der Waals surface area contributed by atoms with Gasteiger partial charge in [-0.2, -0.15) is 0 Å². The Morgan fingerprint density at radius 3 is 2.36 bits per heavy atom. The molecule has 6 nitrogen and oxygen atoms in total. The molecule has 4 heterocycles. The highest BCUT2D eigenvalue weighted by molar-refractivity contribution is 6.41. The Kier molecular flexibility index (Phi) is 6.88. The number of ether oxygens (including phenoxy) is 1. The largest absolute Gasteiger partial charge is 0.796 e. The van der Waals surface area contributed by atoms with Crippen LogP contribution in [0.4, 0.5) is 17.3 Å². The molecule has 0 N–H and O–H groups in total. The number of pyridine rings is 1. The topological polar surface area (TPSA) is 53.0 Å². The fourth-order valence-corrected chi connectivity index (χ4v) is 5.10. The summed E-state index contributed by atoms with van der Waals surface area (Å²) in [4.78, 5) is 9.50. The number of aromatic nitrogens is 3. The summed E-state index contributed by atoms with van der Waals surface area (Å²) in [7, 11) is -4.53. The van der Waals surface area contributed by atoms with E-state index >= 15 is 0 Å². The van der Waals surface area contributed by atoms with Gasteiger partial charge in [-0.3, -0.25) is 18.0 Å². The van der Waals surface area contributed by atoms with E-state index in [1.807, 2.05) is 19.9 Å². The van der Waals surface area contributed by atoms with Crippen molar-refractivity contribution in [2.75, 3.05) is 7.11 Å². The third kappa shape index (κ3) is 4.64. The maximum atomic E-state index is 14.5. The summed E-state index contributed by atoms with van der Waals surface area (Å²) in [5.41, 5.74) is 5.06. The van der Waals surface area contributed by atoms with Crippen molar-refractivity contribution in [1.29, 1.82) is 0 Å². The second kappa shape index (κ2) is 10.2. The van der Waals surface area contributed by atoms with Crippen molar-refractivity contribution >= 4 is 31.8 Å². The molecule has 12 heteroatoms. The average molecular weight is 534 g/mol. The SMILES string of the molecule is COc1ccc(-c2nc3ccccn3c2/C(=C2/N=C(C)C=C2C)c2c(C)cc(C)n2B(F)F)c(OB(F)F)c1. The van der Waals surface area contributed by atoms with E-state index < -0.39 is 14.9 Å². The van der Waals surface area contributed by atoms with E-state index in [9.17, 15) is 17.3 Å². The molecule has 0 unspecified atom stereocenters. The van der Waals surface area contributed by atoms with E-state index in [1.165, 1.54) is 13.2 Å². The average Bonchev–Trinajstić information content (AvgIpc) is 3.51. The highest BCUT2D eigenvalue weighted by Gasteiger charge is 2.33. The van der Waals surface area contributed by atoms with Crippen LogP contribution in [-0.2, 0) is 0 Å². The number of rotatable bonds is 7. The molecule has 0 amide bonds. The molecule has 0 spiro atoms. The van der Waals surface area contributed by atoms with Crippen LogP contribution in [0.1, 0.15) is 36.5 Å². The molecule has 1 aliphatic rings. The summed E-state index contributed by atoms with van der Waals surface area (Å²) in [6, 6.07) is 11.5. The van der Waals surface area contributed by atoms with Crippen molar-refractivity contribution in [2.24, 2.45) is 4.99 Å². The first-order chi connectivity index (χ1) is 18.6. The minimum absolute atomic E-state index is 0.158. The molecule has 0 aliphatic carbocycles. The first-order valence-electron chi connectivity index (χ1n) is 12.2. The van der Waals surface area contributed by atoms with Crippen LogP contribution in [-0.4, -0.2) is 41.6 Å². The van der Waals surface area contributed by atoms with Crippen molar-refractivity contribution in [3.05, 3.63) is 88.7 Å². The second-order valence-electron chi connectivity index (χ2n) is 9.25. The summed E-state index contributed by atoms with van der Waals surface area (Å²) >= 11 is 0. The van der Waals surface area contributed by atoms with Crippen molar-refractivity contribution < 1.29 is 26.7 Å². The number of fused-ring (bicyclic) bond motifs is 1. The van der Waals surface area contributed by atoms with Gasteiger partial charge in [0, 0.05) is 40.5 Å². The molecule has 0 bridgehead atoms. The lowest BCUT2D eigenvalue weighted by atomic mass is 9.95. The summed E-state index contributed by atoms with van der Waals surface area (Å²) < 4.78 is 68.9. The summed E-state index contributed by atoms with van der Waals surface area (Å²) in [6.07, 6.45) is 3.62. The Labute approximate surface area is 223 Å². The van der Waals surface area contributed by atoms with Crippen LogP contribution in [0.15, 0.2) is 71.0 Å². The Balaban J connectivity index is 1.95. The number of halogens is 4. The Morgan fingerprint density at radius 2 is 1.72 bits per heavy atom. The van der Waals surface area contributed by atoms with Crippen LogP contribution >= 0.6 is 0 Å². The summed E-state index contributed by atoms with van der Waals surface area (Å²) in [5.74, 6) is 0.153. The lowest BCUT2D eigenvalue weighted by Gasteiger charge is -2.18. The molecule has 1 aromatic carbocycles. The number of benzene rings is 1. The van der Waals surface area contributed by atoms with Crippen LogP contribution in [0.3, 0.4) is 0 Å². The van der Waals surface area contributed by atoms with E-state index in [0.717, 1.165) is 10.1 Å². The van der Waals surface area contributed by atoms with Gasteiger partial charge in [-0.25, -0.2) is 13.6 Å². The second-order valence-corrected chi connectivity index (χ2v) is 9.25. The van der Waals surface area contributed by atoms with Gasteiger partial charge in [0.2, 0.25) is 0 Å². The number of hydrogen-bond acceptors (Lipinski definition) is 4. The van der Waals surface area contributed by atoms with Crippen molar-refractivity contribution in [3.8, 4) is 22.8 Å². The monoisotopic (exact) mass is 534 g/mol. The Bertz CT molecular complexity index is 1690. The van der Waals surface area contributed by atoms with Crippen molar-refractivity contribution in [1.82, 2.24) is 13.9 Å². The highest BCUT2D eigenvalue weighted by Crippen LogP contribution is 2.44. The lowest BCUT2D eigenvalue weighted by Crippen LogP contribution is -2.19. The molecule has 0 saturated carbocycles. The maximum Gasteiger partial charge on any atom is 0.796 e. The third-order valence-corrected chi connectivity index (χ3v) is 6.60. The maximum absolute atomic E-state index is 14.5. The lowest BCUT2D eigenvalue weighted by molar-refractivity contribution is 0.403. The zero-order chi connectivity index (χ0) is 28.0. The molecule has 39 heavy (non-hydrogen) atoms. The van der Waals surface area contributed by atoms with Crippen LogP contribution in [0.2, 0.25) is 0 Å².